The number of fused-ring (bicyclic) bond motifs is 1. The van der Waals surface area contributed by atoms with E-state index < -0.39 is 78.3 Å². The molecule has 17 nitrogen and oxygen atoms in total. The number of hydrogen-bond acceptors (Lipinski definition) is 9. The predicted molar refractivity (Wildman–Crippen MR) is 234 cm³/mol. The Morgan fingerprint density at radius 1 is 0.710 bits per heavy atom. The minimum atomic E-state index is -1.24. The Hall–Kier alpha value is -5.97. The van der Waals surface area contributed by atoms with E-state index in [0.717, 1.165) is 22.9 Å². The number of aromatic amines is 1. The highest BCUT2D eigenvalue weighted by Crippen LogP contribution is 2.20. The first kappa shape index (κ1) is 48.7. The number of carboxylic acids is 1. The number of H-pyrrole nitrogens is 1. The zero-order chi connectivity index (χ0) is 45.5. The van der Waals surface area contributed by atoms with Crippen LogP contribution in [0.4, 0.5) is 0 Å². The van der Waals surface area contributed by atoms with E-state index in [4.69, 9.17) is 5.11 Å². The van der Waals surface area contributed by atoms with Crippen molar-refractivity contribution in [2.24, 2.45) is 17.8 Å². The Balaban J connectivity index is 1.62. The van der Waals surface area contributed by atoms with Crippen molar-refractivity contribution in [3.05, 3.63) is 65.9 Å². The molecular weight excluding hydrogens is 797 g/mol. The molecule has 338 valence electrons. The molecule has 1 aromatic heterocycles. The molecule has 0 bridgehead atoms. The van der Waals surface area contributed by atoms with Crippen molar-refractivity contribution in [1.29, 1.82) is 0 Å². The molecule has 1 saturated heterocycles. The quantitative estimate of drug-likeness (QED) is 0.0665. The van der Waals surface area contributed by atoms with Crippen LogP contribution in [0.5, 0.6) is 5.75 Å². The van der Waals surface area contributed by atoms with Crippen molar-refractivity contribution in [3.63, 3.8) is 0 Å². The van der Waals surface area contributed by atoms with Gasteiger partial charge < -0.3 is 52.4 Å². The van der Waals surface area contributed by atoms with Gasteiger partial charge in [0.1, 0.15) is 42.5 Å². The molecular formula is C45H64N8O9. The minimum Gasteiger partial charge on any atom is -0.508 e. The van der Waals surface area contributed by atoms with Gasteiger partial charge in [-0.05, 0) is 79.3 Å². The van der Waals surface area contributed by atoms with Crippen LogP contribution in [-0.2, 0) is 46.4 Å². The highest BCUT2D eigenvalue weighted by molar-refractivity contribution is 5.97. The Morgan fingerprint density at radius 3 is 1.84 bits per heavy atom. The van der Waals surface area contributed by atoms with Crippen LogP contribution in [0, 0.1) is 17.8 Å². The molecule has 0 aliphatic carbocycles. The summed E-state index contributed by atoms with van der Waals surface area (Å²) in [4.78, 5) is 97.6. The summed E-state index contributed by atoms with van der Waals surface area (Å²) in [6.07, 6.45) is 4.08. The van der Waals surface area contributed by atoms with Gasteiger partial charge in [0, 0.05) is 29.9 Å². The number of aromatic hydroxyl groups is 1. The van der Waals surface area contributed by atoms with E-state index in [2.05, 4.69) is 42.2 Å². The van der Waals surface area contributed by atoms with Gasteiger partial charge in [0.2, 0.25) is 35.4 Å². The highest BCUT2D eigenvalue weighted by atomic mass is 16.4. The fourth-order valence-corrected chi connectivity index (χ4v) is 7.44. The predicted octanol–water partition coefficient (Wildman–Crippen LogP) is 2.17. The summed E-state index contributed by atoms with van der Waals surface area (Å²) in [6, 6.07) is 7.57. The molecule has 0 spiro atoms. The zero-order valence-electron chi connectivity index (χ0n) is 36.5. The standard InChI is InChI=1S/C45H64N8O9/c1-7-27(6)39(45(62)48-24-38(55)56)53-44(61)35(20-26(4)5)50-41(58)34(19-25(2)3)49-43(60)37(22-29-23-47-32-12-9-8-11-31(29)32)52-42(59)36(21-28-14-16-30(54)17-15-28)51-40(57)33-13-10-18-46-33/h8-9,11-12,14-17,23,25-27,33-37,39,46-47,54H,7,10,13,18-22,24H2,1-6H3,(H,48,62)(H,49,60)(H,50,58)(H,51,57)(H,52,59)(H,53,61)(H,55,56)/t27-,33-,34-,35-,36-,37-,39-/m0/s1. The molecule has 3 aromatic rings. The van der Waals surface area contributed by atoms with E-state index in [0.29, 0.717) is 24.9 Å². The third kappa shape index (κ3) is 14.6. The molecule has 1 aliphatic heterocycles. The summed E-state index contributed by atoms with van der Waals surface area (Å²) < 4.78 is 0. The number of aliphatic carboxylic acids is 1. The van der Waals surface area contributed by atoms with Gasteiger partial charge in [0.25, 0.3) is 0 Å². The van der Waals surface area contributed by atoms with Crippen molar-refractivity contribution in [2.45, 2.75) is 123 Å². The van der Waals surface area contributed by atoms with E-state index in [1.165, 1.54) is 12.1 Å². The topological polar surface area (TPSA) is 260 Å². The molecule has 62 heavy (non-hydrogen) atoms. The summed E-state index contributed by atoms with van der Waals surface area (Å²) in [5.41, 5.74) is 2.19. The summed E-state index contributed by atoms with van der Waals surface area (Å²) in [5, 5.41) is 39.4. The average Bonchev–Trinajstić information content (AvgIpc) is 3.92. The fraction of sp³-hybridized carbons (Fsp3) is 0.533. The summed E-state index contributed by atoms with van der Waals surface area (Å²) in [6.45, 7) is 11.1. The van der Waals surface area contributed by atoms with Crippen LogP contribution in [0.25, 0.3) is 10.9 Å². The first-order valence-corrected chi connectivity index (χ1v) is 21.5. The number of hydrogen-bond donors (Lipinski definition) is 10. The number of para-hydroxylation sites is 1. The van der Waals surface area contributed by atoms with Gasteiger partial charge in [-0.25, -0.2) is 0 Å². The van der Waals surface area contributed by atoms with E-state index >= 15 is 0 Å². The number of aromatic nitrogens is 1. The van der Waals surface area contributed by atoms with Gasteiger partial charge in [0.05, 0.1) is 6.04 Å². The molecule has 4 rings (SSSR count). The van der Waals surface area contributed by atoms with Gasteiger partial charge in [-0.2, -0.15) is 0 Å². The van der Waals surface area contributed by atoms with E-state index in [1.54, 1.807) is 25.3 Å². The van der Waals surface area contributed by atoms with E-state index in [9.17, 15) is 38.7 Å². The van der Waals surface area contributed by atoms with Gasteiger partial charge in [0.15, 0.2) is 0 Å². The number of benzene rings is 2. The number of phenols is 1. The average molecular weight is 861 g/mol. The second kappa shape index (κ2) is 23.3. The Labute approximate surface area is 362 Å². The lowest BCUT2D eigenvalue weighted by atomic mass is 9.96. The molecule has 10 N–H and O–H groups in total. The third-order valence-corrected chi connectivity index (χ3v) is 11.0. The SMILES string of the molecule is CC[C@H](C)[C@H](NC(=O)[C@H](CC(C)C)NC(=O)[C@H](CC(C)C)NC(=O)[C@H](Cc1c[nH]c2ccccc12)NC(=O)[C@H](Cc1ccc(O)cc1)NC(=O)[C@@H]1CCCN1)C(=O)NCC(=O)O. The van der Waals surface area contributed by atoms with Crippen LogP contribution in [0.3, 0.4) is 0 Å². The molecule has 17 heteroatoms. The van der Waals surface area contributed by atoms with E-state index in [-0.39, 0.29) is 55.1 Å². The summed E-state index contributed by atoms with van der Waals surface area (Å²) >= 11 is 0. The maximum atomic E-state index is 14.5. The first-order chi connectivity index (χ1) is 29.4. The maximum Gasteiger partial charge on any atom is 0.322 e. The normalized spacial score (nSPS) is 16.7. The Kier molecular flexibility index (Phi) is 18.3. The number of nitrogens with one attached hydrogen (secondary N) is 8. The molecule has 1 fully saturated rings. The number of carbonyl (C=O) groups is 7. The van der Waals surface area contributed by atoms with Gasteiger partial charge in [-0.1, -0.05) is 78.3 Å². The molecule has 0 saturated carbocycles. The van der Waals surface area contributed by atoms with Crippen LogP contribution in [0.1, 0.15) is 84.8 Å². The first-order valence-electron chi connectivity index (χ1n) is 21.5. The lowest BCUT2D eigenvalue weighted by Gasteiger charge is -2.29. The maximum absolute atomic E-state index is 14.5. The number of phenolic OH excluding ortho intramolecular Hbond substituents is 1. The van der Waals surface area contributed by atoms with Gasteiger partial charge in [-0.15, -0.1) is 0 Å². The molecule has 6 amide bonds. The van der Waals surface area contributed by atoms with Crippen molar-refractivity contribution in [2.75, 3.05) is 13.1 Å². The van der Waals surface area contributed by atoms with Crippen molar-refractivity contribution >= 4 is 52.3 Å². The molecule has 1 aliphatic rings. The highest BCUT2D eigenvalue weighted by Gasteiger charge is 2.35. The van der Waals surface area contributed by atoms with E-state index in [1.807, 2.05) is 58.9 Å². The molecule has 2 heterocycles. The van der Waals surface area contributed by atoms with Gasteiger partial charge in [-0.3, -0.25) is 33.6 Å². The van der Waals surface area contributed by atoms with Crippen LogP contribution in [0.15, 0.2) is 54.7 Å². The Bertz CT molecular complexity index is 2010. The number of amides is 6. The van der Waals surface area contributed by atoms with Crippen LogP contribution in [0.2, 0.25) is 0 Å². The van der Waals surface area contributed by atoms with Crippen molar-refractivity contribution < 1.29 is 43.8 Å². The largest absolute Gasteiger partial charge is 0.508 e. The molecule has 0 radical (unpaired) electrons. The molecule has 0 unspecified atom stereocenters. The minimum absolute atomic E-state index is 0.0149. The monoisotopic (exact) mass is 860 g/mol. The second-order valence-electron chi connectivity index (χ2n) is 17.1. The third-order valence-electron chi connectivity index (χ3n) is 11.0. The van der Waals surface area contributed by atoms with Crippen molar-refractivity contribution in [1.82, 2.24) is 42.2 Å². The van der Waals surface area contributed by atoms with Crippen LogP contribution in [-0.4, -0.2) is 106 Å². The summed E-state index contributed by atoms with van der Waals surface area (Å²) in [7, 11) is 0. The smallest absolute Gasteiger partial charge is 0.322 e. The molecule has 2 aromatic carbocycles. The lowest BCUT2D eigenvalue weighted by molar-refractivity contribution is -0.139. The Morgan fingerprint density at radius 2 is 1.27 bits per heavy atom. The second-order valence-corrected chi connectivity index (χ2v) is 17.1. The molecule has 7 atom stereocenters. The number of carboxylic acid groups (broad SMARTS) is 1. The summed E-state index contributed by atoms with van der Waals surface area (Å²) in [5.74, 6) is -5.38. The van der Waals surface area contributed by atoms with Crippen molar-refractivity contribution in [3.8, 4) is 5.75 Å². The fourth-order valence-electron chi connectivity index (χ4n) is 7.44. The zero-order valence-corrected chi connectivity index (χ0v) is 36.5. The lowest BCUT2D eigenvalue weighted by Crippen LogP contribution is -2.60. The number of carbonyl (C=O) groups excluding carboxylic acids is 6. The van der Waals surface area contributed by atoms with Crippen LogP contribution < -0.4 is 37.2 Å². The number of rotatable bonds is 23. The van der Waals surface area contributed by atoms with Crippen LogP contribution >= 0.6 is 0 Å². The van der Waals surface area contributed by atoms with Gasteiger partial charge >= 0.3 is 5.97 Å².